The average molecular weight is 248 g/mol. The van der Waals surface area contributed by atoms with Crippen LogP contribution in [0.2, 0.25) is 0 Å². The molecule has 18 heavy (non-hydrogen) atoms. The van der Waals surface area contributed by atoms with E-state index >= 15 is 0 Å². The van der Waals surface area contributed by atoms with Crippen molar-refractivity contribution in [1.82, 2.24) is 9.78 Å². The van der Waals surface area contributed by atoms with E-state index in [0.717, 1.165) is 25.2 Å². The Morgan fingerprint density at radius 2 is 2.11 bits per heavy atom. The normalized spacial score (nSPS) is 24.1. The number of aromatic nitrogens is 2. The molecule has 1 heterocycles. The van der Waals surface area contributed by atoms with Crippen molar-refractivity contribution in [2.75, 3.05) is 0 Å². The molecule has 2 rings (SSSR count). The monoisotopic (exact) mass is 248 g/mol. The highest BCUT2D eigenvalue weighted by Gasteiger charge is 2.24. The van der Waals surface area contributed by atoms with Gasteiger partial charge in [0.15, 0.2) is 0 Å². The molecule has 1 aliphatic carbocycles. The van der Waals surface area contributed by atoms with E-state index in [4.69, 9.17) is 0 Å². The van der Waals surface area contributed by atoms with Crippen LogP contribution in [0, 0.1) is 11.8 Å². The van der Waals surface area contributed by atoms with Crippen LogP contribution in [0.4, 0.5) is 0 Å². The minimum absolute atomic E-state index is 0.337. The Hall–Kier alpha value is -1.12. The number of ketones is 1. The molecule has 0 aliphatic heterocycles. The molecule has 100 valence electrons. The van der Waals surface area contributed by atoms with Gasteiger partial charge in [0.2, 0.25) is 0 Å². The van der Waals surface area contributed by atoms with Gasteiger partial charge in [0.05, 0.1) is 6.20 Å². The molecule has 0 bridgehead atoms. The first kappa shape index (κ1) is 13.3. The standard InChI is InChI=1S/C15H24N2O/c1-3-12-4-7-14(8-5-12)15(18)9-6-13-10-16-17(2)11-13/h10-12,14H,3-9H2,1-2H3. The lowest BCUT2D eigenvalue weighted by atomic mass is 9.78. The quantitative estimate of drug-likeness (QED) is 0.802. The molecule has 1 aromatic rings. The summed E-state index contributed by atoms with van der Waals surface area (Å²) in [7, 11) is 1.91. The second-order valence-corrected chi connectivity index (χ2v) is 5.61. The Morgan fingerprint density at radius 1 is 1.39 bits per heavy atom. The van der Waals surface area contributed by atoms with Crippen molar-refractivity contribution in [2.24, 2.45) is 18.9 Å². The van der Waals surface area contributed by atoms with Gasteiger partial charge >= 0.3 is 0 Å². The van der Waals surface area contributed by atoms with E-state index in [-0.39, 0.29) is 0 Å². The van der Waals surface area contributed by atoms with E-state index in [1.165, 1.54) is 24.8 Å². The zero-order valence-corrected chi connectivity index (χ0v) is 11.6. The summed E-state index contributed by atoms with van der Waals surface area (Å²) in [6.07, 6.45) is 11.4. The molecule has 0 N–H and O–H groups in total. The second kappa shape index (κ2) is 6.17. The zero-order valence-electron chi connectivity index (χ0n) is 11.6. The third kappa shape index (κ3) is 3.44. The fourth-order valence-corrected chi connectivity index (χ4v) is 2.97. The average Bonchev–Trinajstić information content (AvgIpc) is 2.82. The van der Waals surface area contributed by atoms with Gasteiger partial charge in [-0.25, -0.2) is 0 Å². The summed E-state index contributed by atoms with van der Waals surface area (Å²) in [5.41, 5.74) is 1.17. The highest BCUT2D eigenvalue weighted by Crippen LogP contribution is 2.31. The third-order valence-corrected chi connectivity index (χ3v) is 4.30. The third-order valence-electron chi connectivity index (χ3n) is 4.30. The molecule has 3 nitrogen and oxygen atoms in total. The SMILES string of the molecule is CCC1CCC(C(=O)CCc2cnn(C)c2)CC1. The van der Waals surface area contributed by atoms with Gasteiger partial charge in [-0.2, -0.15) is 5.10 Å². The smallest absolute Gasteiger partial charge is 0.136 e. The van der Waals surface area contributed by atoms with E-state index in [1.54, 1.807) is 4.68 Å². The predicted molar refractivity (Wildman–Crippen MR) is 72.3 cm³/mol. The van der Waals surface area contributed by atoms with Crippen molar-refractivity contribution in [3.8, 4) is 0 Å². The molecule has 1 fully saturated rings. The number of hydrogen-bond acceptors (Lipinski definition) is 2. The van der Waals surface area contributed by atoms with Crippen molar-refractivity contribution >= 4 is 5.78 Å². The Morgan fingerprint density at radius 3 is 2.67 bits per heavy atom. The lowest BCUT2D eigenvalue weighted by Gasteiger charge is -2.26. The first-order valence-electron chi connectivity index (χ1n) is 7.19. The van der Waals surface area contributed by atoms with Crippen LogP contribution in [0.5, 0.6) is 0 Å². The van der Waals surface area contributed by atoms with Gasteiger partial charge in [0.1, 0.15) is 5.78 Å². The largest absolute Gasteiger partial charge is 0.299 e. The summed E-state index contributed by atoms with van der Waals surface area (Å²) in [6.45, 7) is 2.26. The fraction of sp³-hybridized carbons (Fsp3) is 0.733. The molecular weight excluding hydrogens is 224 g/mol. The van der Waals surface area contributed by atoms with Crippen LogP contribution in [0.1, 0.15) is 51.0 Å². The summed E-state index contributed by atoms with van der Waals surface area (Å²) in [4.78, 5) is 12.1. The first-order valence-corrected chi connectivity index (χ1v) is 7.19. The molecule has 0 amide bonds. The van der Waals surface area contributed by atoms with Crippen LogP contribution in [0.15, 0.2) is 12.4 Å². The Bertz CT molecular complexity index is 389. The summed E-state index contributed by atoms with van der Waals surface area (Å²) in [5, 5.41) is 4.13. The molecule has 0 aromatic carbocycles. The number of nitrogens with zero attached hydrogens (tertiary/aromatic N) is 2. The number of rotatable bonds is 5. The molecule has 0 atom stereocenters. The maximum Gasteiger partial charge on any atom is 0.136 e. The van der Waals surface area contributed by atoms with Gasteiger partial charge in [0.25, 0.3) is 0 Å². The highest BCUT2D eigenvalue weighted by molar-refractivity contribution is 5.81. The number of carbonyl (C=O) groups excluding carboxylic acids is 1. The summed E-state index contributed by atoms with van der Waals surface area (Å²) < 4.78 is 1.80. The summed E-state index contributed by atoms with van der Waals surface area (Å²) in [6, 6.07) is 0. The van der Waals surface area contributed by atoms with Crippen molar-refractivity contribution < 1.29 is 4.79 Å². The molecule has 0 saturated heterocycles. The van der Waals surface area contributed by atoms with Crippen LogP contribution < -0.4 is 0 Å². The van der Waals surface area contributed by atoms with E-state index in [0.29, 0.717) is 18.1 Å². The number of carbonyl (C=O) groups is 1. The fourth-order valence-electron chi connectivity index (χ4n) is 2.97. The van der Waals surface area contributed by atoms with E-state index in [9.17, 15) is 4.79 Å². The topological polar surface area (TPSA) is 34.9 Å². The van der Waals surface area contributed by atoms with Crippen molar-refractivity contribution in [3.05, 3.63) is 18.0 Å². The maximum atomic E-state index is 12.1. The molecular formula is C15H24N2O. The number of hydrogen-bond donors (Lipinski definition) is 0. The van der Waals surface area contributed by atoms with Gasteiger partial charge < -0.3 is 0 Å². The lowest BCUT2D eigenvalue weighted by molar-refractivity contribution is -0.124. The number of Topliss-reactive ketones (excluding diaryl/α,β-unsaturated/α-hetero) is 1. The van der Waals surface area contributed by atoms with Crippen LogP contribution in [-0.2, 0) is 18.3 Å². The predicted octanol–water partition coefficient (Wildman–Crippen LogP) is 3.14. The van der Waals surface area contributed by atoms with Crippen LogP contribution in [-0.4, -0.2) is 15.6 Å². The summed E-state index contributed by atoms with van der Waals surface area (Å²) in [5.74, 6) is 1.67. The molecule has 1 aromatic heterocycles. The molecule has 0 unspecified atom stereocenters. The Labute approximate surface area is 110 Å². The molecule has 0 spiro atoms. The van der Waals surface area contributed by atoms with Gasteiger partial charge in [0, 0.05) is 25.6 Å². The maximum absolute atomic E-state index is 12.1. The van der Waals surface area contributed by atoms with Crippen molar-refractivity contribution in [3.63, 3.8) is 0 Å². The van der Waals surface area contributed by atoms with E-state index < -0.39 is 0 Å². The minimum Gasteiger partial charge on any atom is -0.299 e. The summed E-state index contributed by atoms with van der Waals surface area (Å²) >= 11 is 0. The Balaban J connectivity index is 1.75. The van der Waals surface area contributed by atoms with Gasteiger partial charge in [-0.15, -0.1) is 0 Å². The molecule has 3 heteroatoms. The lowest BCUT2D eigenvalue weighted by Crippen LogP contribution is -2.21. The van der Waals surface area contributed by atoms with Crippen molar-refractivity contribution in [2.45, 2.75) is 51.9 Å². The highest BCUT2D eigenvalue weighted by atomic mass is 16.1. The number of aryl methyl sites for hydroxylation is 2. The van der Waals surface area contributed by atoms with Gasteiger partial charge in [-0.1, -0.05) is 13.3 Å². The van der Waals surface area contributed by atoms with E-state index in [1.807, 2.05) is 19.4 Å². The molecule has 1 aliphatic rings. The Kier molecular flexibility index (Phi) is 4.56. The zero-order chi connectivity index (χ0) is 13.0. The minimum atomic E-state index is 0.337. The van der Waals surface area contributed by atoms with Crippen LogP contribution in [0.25, 0.3) is 0 Å². The van der Waals surface area contributed by atoms with Gasteiger partial charge in [-0.05, 0) is 43.6 Å². The van der Waals surface area contributed by atoms with Crippen LogP contribution in [0.3, 0.4) is 0 Å². The second-order valence-electron chi connectivity index (χ2n) is 5.61. The van der Waals surface area contributed by atoms with Gasteiger partial charge in [-0.3, -0.25) is 9.48 Å². The molecule has 0 radical (unpaired) electrons. The van der Waals surface area contributed by atoms with Crippen molar-refractivity contribution in [1.29, 1.82) is 0 Å². The first-order chi connectivity index (χ1) is 8.69. The van der Waals surface area contributed by atoms with Crippen LogP contribution >= 0.6 is 0 Å². The molecule has 1 saturated carbocycles. The van der Waals surface area contributed by atoms with E-state index in [2.05, 4.69) is 12.0 Å².